The van der Waals surface area contributed by atoms with Gasteiger partial charge in [0.25, 0.3) is 0 Å². The predicted molar refractivity (Wildman–Crippen MR) is 95.9 cm³/mol. The van der Waals surface area contributed by atoms with Crippen LogP contribution >= 0.6 is 12.6 Å². The van der Waals surface area contributed by atoms with Crippen molar-refractivity contribution in [3.63, 3.8) is 0 Å². The van der Waals surface area contributed by atoms with Gasteiger partial charge in [-0.3, -0.25) is 4.99 Å². The average Bonchev–Trinajstić information content (AvgIpc) is 2.44. The van der Waals surface area contributed by atoms with E-state index in [1.165, 1.54) is 27.5 Å². The van der Waals surface area contributed by atoms with Crippen LogP contribution in [0.25, 0.3) is 10.8 Å². The van der Waals surface area contributed by atoms with E-state index in [4.69, 9.17) is 0 Å². The molecule has 2 heteroatoms. The minimum Gasteiger partial charge on any atom is -0.283 e. The lowest BCUT2D eigenvalue weighted by molar-refractivity contribution is 0.595. The Morgan fingerprint density at radius 3 is 2.48 bits per heavy atom. The fourth-order valence-electron chi connectivity index (χ4n) is 3.15. The molecule has 21 heavy (non-hydrogen) atoms. The van der Waals surface area contributed by atoms with Crippen molar-refractivity contribution in [2.75, 3.05) is 6.54 Å². The van der Waals surface area contributed by atoms with Crippen LogP contribution < -0.4 is 0 Å². The molecule has 0 saturated carbocycles. The van der Waals surface area contributed by atoms with E-state index >= 15 is 0 Å². The normalized spacial score (nSPS) is 14.8. The van der Waals surface area contributed by atoms with Crippen molar-refractivity contribution in [2.45, 2.75) is 32.6 Å². The molecule has 0 atom stereocenters. The third-order valence-electron chi connectivity index (χ3n) is 4.12. The number of nitrogens with zero attached hydrogens (tertiary/aromatic N) is 1. The molecule has 0 N–H and O–H groups in total. The van der Waals surface area contributed by atoms with Gasteiger partial charge in [0.05, 0.1) is 5.71 Å². The molecule has 2 aromatic rings. The molecule has 1 aliphatic heterocycles. The maximum atomic E-state index is 4.64. The number of thiol groups is 1. The molecule has 1 nitrogen and oxygen atoms in total. The summed E-state index contributed by atoms with van der Waals surface area (Å²) >= 11 is 4.44. The van der Waals surface area contributed by atoms with Gasteiger partial charge >= 0.3 is 0 Å². The number of fused-ring (bicyclic) bond motifs is 3. The number of hydrogen-bond acceptors (Lipinski definition) is 2. The van der Waals surface area contributed by atoms with Gasteiger partial charge in [-0.1, -0.05) is 51.6 Å². The first-order chi connectivity index (χ1) is 9.89. The molecule has 0 saturated heterocycles. The van der Waals surface area contributed by atoms with Crippen LogP contribution in [0, 0.1) is 0 Å². The second-order valence-corrected chi connectivity index (χ2v) is 7.21. The number of hydrogen-bond donors (Lipinski definition) is 1. The SMILES string of the molecule is C=C(S)C1=NCCc2c1cc(C(C)(C)C)c1ccccc21. The second-order valence-electron chi connectivity index (χ2n) is 6.67. The van der Waals surface area contributed by atoms with Crippen LogP contribution in [0.1, 0.15) is 37.5 Å². The number of aliphatic imine (C=N–C) groups is 1. The summed E-state index contributed by atoms with van der Waals surface area (Å²) in [7, 11) is 0. The largest absolute Gasteiger partial charge is 0.283 e. The topological polar surface area (TPSA) is 12.4 Å². The van der Waals surface area contributed by atoms with E-state index in [0.29, 0.717) is 0 Å². The Hall–Kier alpha value is -1.54. The lowest BCUT2D eigenvalue weighted by Gasteiger charge is -2.27. The second kappa shape index (κ2) is 5.03. The number of allylic oxidation sites excluding steroid dienone is 1. The van der Waals surface area contributed by atoms with Crippen LogP contribution in [0.5, 0.6) is 0 Å². The van der Waals surface area contributed by atoms with Gasteiger partial charge in [-0.15, -0.1) is 12.6 Å². The van der Waals surface area contributed by atoms with Crippen LogP contribution in [0.2, 0.25) is 0 Å². The molecule has 108 valence electrons. The Bertz CT molecular complexity index is 763. The first-order valence-corrected chi connectivity index (χ1v) is 7.82. The zero-order valence-electron chi connectivity index (χ0n) is 12.9. The van der Waals surface area contributed by atoms with Crippen molar-refractivity contribution in [1.29, 1.82) is 0 Å². The fourth-order valence-corrected chi connectivity index (χ4v) is 3.34. The van der Waals surface area contributed by atoms with Crippen LogP contribution in [0.15, 0.2) is 46.8 Å². The van der Waals surface area contributed by atoms with Crippen molar-refractivity contribution in [3.8, 4) is 0 Å². The Morgan fingerprint density at radius 2 is 1.86 bits per heavy atom. The number of rotatable bonds is 1. The van der Waals surface area contributed by atoms with Crippen molar-refractivity contribution in [2.24, 2.45) is 4.99 Å². The lowest BCUT2D eigenvalue weighted by Crippen LogP contribution is -2.18. The zero-order valence-corrected chi connectivity index (χ0v) is 13.8. The third-order valence-corrected chi connectivity index (χ3v) is 4.34. The molecule has 0 amide bonds. The zero-order chi connectivity index (χ0) is 15.2. The van der Waals surface area contributed by atoms with E-state index in [1.807, 2.05) is 0 Å². The van der Waals surface area contributed by atoms with Gasteiger partial charge in [-0.2, -0.15) is 0 Å². The molecular formula is C19H21NS. The summed E-state index contributed by atoms with van der Waals surface area (Å²) in [4.78, 5) is 5.40. The van der Waals surface area contributed by atoms with E-state index in [2.05, 4.69) is 75.3 Å². The Balaban J connectivity index is 2.42. The molecule has 3 rings (SSSR count). The van der Waals surface area contributed by atoms with Crippen LogP contribution in [0.3, 0.4) is 0 Å². The summed E-state index contributed by atoms with van der Waals surface area (Å²) in [6.07, 6.45) is 0.991. The predicted octanol–water partition coefficient (Wildman–Crippen LogP) is 4.93. The summed E-state index contributed by atoms with van der Waals surface area (Å²) in [6.45, 7) is 11.6. The first kappa shape index (κ1) is 14.4. The van der Waals surface area contributed by atoms with E-state index in [1.54, 1.807) is 0 Å². The average molecular weight is 295 g/mol. The molecule has 0 spiro atoms. The molecule has 0 aliphatic carbocycles. The van der Waals surface area contributed by atoms with Gasteiger partial charge in [0.1, 0.15) is 0 Å². The minimum absolute atomic E-state index is 0.0924. The highest BCUT2D eigenvalue weighted by Crippen LogP contribution is 2.36. The van der Waals surface area contributed by atoms with Crippen molar-refractivity contribution < 1.29 is 0 Å². The summed E-state index contributed by atoms with van der Waals surface area (Å²) in [5, 5.41) is 2.71. The highest BCUT2D eigenvalue weighted by Gasteiger charge is 2.24. The Labute approximate surface area is 132 Å². The smallest absolute Gasteiger partial charge is 0.0776 e. The molecule has 0 radical (unpaired) electrons. The summed E-state index contributed by atoms with van der Waals surface area (Å²) in [5.41, 5.74) is 5.01. The Morgan fingerprint density at radius 1 is 1.19 bits per heavy atom. The Kier molecular flexibility index (Phi) is 3.45. The van der Waals surface area contributed by atoms with Crippen LogP contribution in [-0.2, 0) is 11.8 Å². The third kappa shape index (κ3) is 2.42. The summed E-state index contributed by atoms with van der Waals surface area (Å²) in [5.74, 6) is 0. The maximum absolute atomic E-state index is 4.64. The number of benzene rings is 2. The van der Waals surface area contributed by atoms with E-state index in [-0.39, 0.29) is 5.41 Å². The quantitative estimate of drug-likeness (QED) is 0.717. The molecule has 1 heterocycles. The maximum Gasteiger partial charge on any atom is 0.0776 e. The molecule has 1 aliphatic rings. The molecular weight excluding hydrogens is 274 g/mol. The minimum atomic E-state index is 0.0924. The fraction of sp³-hybridized carbons (Fsp3) is 0.316. The van der Waals surface area contributed by atoms with E-state index < -0.39 is 0 Å². The monoisotopic (exact) mass is 295 g/mol. The molecule has 0 unspecified atom stereocenters. The van der Waals surface area contributed by atoms with Crippen LogP contribution in [-0.4, -0.2) is 12.3 Å². The highest BCUT2D eigenvalue weighted by atomic mass is 32.1. The standard InChI is InChI=1S/C19H21NS/c1-12(21)18-16-11-17(19(2,3)4)15-8-6-5-7-13(15)14(16)9-10-20-18/h5-8,11,21H,1,9-10H2,2-4H3. The van der Waals surface area contributed by atoms with Crippen molar-refractivity contribution >= 4 is 29.1 Å². The molecule has 2 aromatic carbocycles. The van der Waals surface area contributed by atoms with Gasteiger partial charge in [0.2, 0.25) is 0 Å². The van der Waals surface area contributed by atoms with Crippen molar-refractivity contribution in [1.82, 2.24) is 0 Å². The summed E-state index contributed by atoms with van der Waals surface area (Å²) < 4.78 is 0. The van der Waals surface area contributed by atoms with Gasteiger partial charge in [-0.05, 0) is 39.8 Å². The van der Waals surface area contributed by atoms with E-state index in [0.717, 1.165) is 23.6 Å². The van der Waals surface area contributed by atoms with Gasteiger partial charge < -0.3 is 0 Å². The lowest BCUT2D eigenvalue weighted by atomic mass is 9.79. The van der Waals surface area contributed by atoms with Crippen LogP contribution in [0.4, 0.5) is 0 Å². The summed E-state index contributed by atoms with van der Waals surface area (Å²) in [6, 6.07) is 11.0. The van der Waals surface area contributed by atoms with Gasteiger partial charge in [0, 0.05) is 17.0 Å². The molecule has 0 bridgehead atoms. The molecule has 0 aromatic heterocycles. The van der Waals surface area contributed by atoms with Crippen molar-refractivity contribution in [3.05, 3.63) is 58.5 Å². The van der Waals surface area contributed by atoms with E-state index in [9.17, 15) is 0 Å². The first-order valence-electron chi connectivity index (χ1n) is 7.38. The van der Waals surface area contributed by atoms with Gasteiger partial charge in [-0.25, -0.2) is 0 Å². The highest BCUT2D eigenvalue weighted by molar-refractivity contribution is 7.85. The van der Waals surface area contributed by atoms with Gasteiger partial charge in [0.15, 0.2) is 0 Å². The molecule has 0 fully saturated rings.